The molecule has 2 unspecified atom stereocenters. The number of hydrogen-bond donors (Lipinski definition) is 2. The van der Waals surface area contributed by atoms with Gasteiger partial charge in [-0.05, 0) is 42.5 Å². The van der Waals surface area contributed by atoms with Gasteiger partial charge in [-0.1, -0.05) is 30.4 Å². The van der Waals surface area contributed by atoms with Gasteiger partial charge >= 0.3 is 0 Å². The number of hydrogen-bond acceptors (Lipinski definition) is 5. The molecule has 1 aromatic carbocycles. The molecule has 1 saturated heterocycles. The Kier molecular flexibility index (Phi) is 5.67. The number of nitrogens with zero attached hydrogens (tertiary/aromatic N) is 3. The van der Waals surface area contributed by atoms with Crippen LogP contribution in [0.2, 0.25) is 0 Å². The molecule has 2 heterocycles. The van der Waals surface area contributed by atoms with Crippen LogP contribution in [0.4, 0.5) is 16.0 Å². The number of aliphatic hydroxyl groups excluding tert-OH is 1. The summed E-state index contributed by atoms with van der Waals surface area (Å²) in [6.07, 6.45) is 10.2. The Bertz CT molecular complexity index is 865. The van der Waals surface area contributed by atoms with Gasteiger partial charge in [-0.3, -0.25) is 0 Å². The van der Waals surface area contributed by atoms with Crippen molar-refractivity contribution in [1.29, 1.82) is 0 Å². The minimum Gasteiger partial charge on any atom is -0.387 e. The number of aliphatic hydroxyl groups is 1. The van der Waals surface area contributed by atoms with E-state index in [0.29, 0.717) is 18.3 Å². The molecule has 0 bridgehead atoms. The molecule has 2 atom stereocenters. The topological polar surface area (TPSA) is 61.3 Å². The lowest BCUT2D eigenvalue weighted by atomic mass is 9.99. The van der Waals surface area contributed by atoms with Crippen LogP contribution in [-0.4, -0.2) is 40.8 Å². The maximum Gasteiger partial charge on any atom is 0.134 e. The molecule has 5 nitrogen and oxygen atoms in total. The SMILES string of the molecule is OC(CNc1cc(N2CCC(c3ccc(F)cc3)C2)ncn1)C1=CCCC=C1. The molecule has 1 fully saturated rings. The zero-order valence-corrected chi connectivity index (χ0v) is 15.8. The van der Waals surface area contributed by atoms with E-state index in [1.165, 1.54) is 12.1 Å². The van der Waals surface area contributed by atoms with Gasteiger partial charge in [-0.25, -0.2) is 14.4 Å². The molecule has 28 heavy (non-hydrogen) atoms. The number of allylic oxidation sites excluding steroid dienone is 2. The first-order valence-electron chi connectivity index (χ1n) is 9.80. The van der Waals surface area contributed by atoms with Gasteiger partial charge in [-0.15, -0.1) is 0 Å². The lowest BCUT2D eigenvalue weighted by Gasteiger charge is -2.19. The lowest BCUT2D eigenvalue weighted by molar-refractivity contribution is 0.227. The van der Waals surface area contributed by atoms with Crippen molar-refractivity contribution in [2.24, 2.45) is 0 Å². The first kappa shape index (κ1) is 18.6. The average molecular weight is 380 g/mol. The van der Waals surface area contributed by atoms with Gasteiger partial charge in [0.25, 0.3) is 0 Å². The minimum absolute atomic E-state index is 0.202. The summed E-state index contributed by atoms with van der Waals surface area (Å²) in [6.45, 7) is 2.16. The second-order valence-corrected chi connectivity index (χ2v) is 7.33. The van der Waals surface area contributed by atoms with Crippen LogP contribution < -0.4 is 10.2 Å². The quantitative estimate of drug-likeness (QED) is 0.801. The van der Waals surface area contributed by atoms with Crippen LogP contribution in [0.5, 0.6) is 0 Å². The van der Waals surface area contributed by atoms with E-state index in [9.17, 15) is 9.50 Å². The van der Waals surface area contributed by atoms with Crippen molar-refractivity contribution in [3.63, 3.8) is 0 Å². The first-order chi connectivity index (χ1) is 13.7. The Morgan fingerprint density at radius 2 is 2.07 bits per heavy atom. The smallest absolute Gasteiger partial charge is 0.134 e. The van der Waals surface area contributed by atoms with Crippen LogP contribution in [0.3, 0.4) is 0 Å². The fraction of sp³-hybridized carbons (Fsp3) is 0.364. The Labute approximate surface area is 164 Å². The van der Waals surface area contributed by atoms with Crippen molar-refractivity contribution in [3.05, 3.63) is 71.8 Å². The summed E-state index contributed by atoms with van der Waals surface area (Å²) in [5.74, 6) is 1.74. The summed E-state index contributed by atoms with van der Waals surface area (Å²) in [5.41, 5.74) is 2.11. The molecule has 0 radical (unpaired) electrons. The van der Waals surface area contributed by atoms with Crippen LogP contribution in [0.15, 0.2) is 60.5 Å². The second kappa shape index (κ2) is 8.52. The van der Waals surface area contributed by atoms with Crippen molar-refractivity contribution in [3.8, 4) is 0 Å². The standard InChI is InChI=1S/C22H25FN4O/c23-19-8-6-16(7-9-19)18-10-11-27(14-18)22-12-21(25-15-26-22)24-13-20(28)17-4-2-1-3-5-17/h2,4-9,12,15,18,20,28H,1,3,10-11,13-14H2,(H,24,25,26). The van der Waals surface area contributed by atoms with Gasteiger partial charge in [0.2, 0.25) is 0 Å². The Morgan fingerprint density at radius 1 is 1.21 bits per heavy atom. The number of rotatable bonds is 6. The predicted octanol–water partition coefficient (Wildman–Crippen LogP) is 3.66. The zero-order valence-electron chi connectivity index (χ0n) is 15.8. The largest absolute Gasteiger partial charge is 0.387 e. The molecule has 4 rings (SSSR count). The van der Waals surface area contributed by atoms with E-state index in [4.69, 9.17) is 0 Å². The highest BCUT2D eigenvalue weighted by Crippen LogP contribution is 2.30. The number of nitrogens with one attached hydrogen (secondary N) is 1. The number of anilines is 2. The minimum atomic E-state index is -0.551. The molecule has 0 saturated carbocycles. The van der Waals surface area contributed by atoms with E-state index in [-0.39, 0.29) is 5.82 Å². The molecular formula is C22H25FN4O. The summed E-state index contributed by atoms with van der Waals surface area (Å²) in [6, 6.07) is 8.70. The normalized spacial score (nSPS) is 20.1. The highest BCUT2D eigenvalue weighted by molar-refractivity contribution is 5.50. The molecule has 1 aliphatic carbocycles. The summed E-state index contributed by atoms with van der Waals surface area (Å²) in [7, 11) is 0. The molecule has 2 N–H and O–H groups in total. The van der Waals surface area contributed by atoms with Crippen molar-refractivity contribution in [2.75, 3.05) is 29.9 Å². The third kappa shape index (κ3) is 4.39. The highest BCUT2D eigenvalue weighted by atomic mass is 19.1. The van der Waals surface area contributed by atoms with Gasteiger partial charge in [0.05, 0.1) is 6.10 Å². The van der Waals surface area contributed by atoms with Crippen LogP contribution in [0, 0.1) is 5.82 Å². The Hall–Kier alpha value is -2.73. The zero-order chi connectivity index (χ0) is 19.3. The van der Waals surface area contributed by atoms with E-state index < -0.39 is 6.10 Å². The van der Waals surface area contributed by atoms with Crippen LogP contribution in [0.25, 0.3) is 0 Å². The molecular weight excluding hydrogens is 355 g/mol. The van der Waals surface area contributed by atoms with E-state index in [1.807, 2.05) is 24.3 Å². The van der Waals surface area contributed by atoms with Crippen LogP contribution in [0.1, 0.15) is 30.7 Å². The summed E-state index contributed by atoms with van der Waals surface area (Å²) in [5, 5.41) is 13.5. The van der Waals surface area contributed by atoms with Crippen molar-refractivity contribution < 1.29 is 9.50 Å². The molecule has 6 heteroatoms. The molecule has 1 aromatic heterocycles. The molecule has 2 aliphatic rings. The van der Waals surface area contributed by atoms with Gasteiger partial charge in [0.15, 0.2) is 0 Å². The average Bonchev–Trinajstić information content (AvgIpc) is 3.24. The lowest BCUT2D eigenvalue weighted by Crippen LogP contribution is -2.23. The highest BCUT2D eigenvalue weighted by Gasteiger charge is 2.25. The third-order valence-corrected chi connectivity index (χ3v) is 5.39. The Morgan fingerprint density at radius 3 is 2.86 bits per heavy atom. The van der Waals surface area contributed by atoms with Crippen LogP contribution in [-0.2, 0) is 0 Å². The fourth-order valence-electron chi connectivity index (χ4n) is 3.79. The van der Waals surface area contributed by atoms with E-state index >= 15 is 0 Å². The molecule has 146 valence electrons. The van der Waals surface area contributed by atoms with Gasteiger partial charge in [-0.2, -0.15) is 0 Å². The molecule has 2 aromatic rings. The summed E-state index contributed by atoms with van der Waals surface area (Å²) < 4.78 is 13.1. The molecule has 1 aliphatic heterocycles. The fourth-order valence-corrected chi connectivity index (χ4v) is 3.79. The molecule has 0 amide bonds. The molecule has 0 spiro atoms. The maximum atomic E-state index is 13.1. The van der Waals surface area contributed by atoms with Gasteiger partial charge in [0, 0.05) is 31.6 Å². The predicted molar refractivity (Wildman–Crippen MR) is 109 cm³/mol. The second-order valence-electron chi connectivity index (χ2n) is 7.33. The third-order valence-electron chi connectivity index (χ3n) is 5.39. The van der Waals surface area contributed by atoms with Crippen molar-refractivity contribution in [1.82, 2.24) is 9.97 Å². The van der Waals surface area contributed by atoms with Gasteiger partial charge < -0.3 is 15.3 Å². The summed E-state index contributed by atoms with van der Waals surface area (Å²) in [4.78, 5) is 10.9. The van der Waals surface area contributed by atoms with Crippen molar-refractivity contribution in [2.45, 2.75) is 31.3 Å². The first-order valence-corrected chi connectivity index (χ1v) is 9.80. The monoisotopic (exact) mass is 380 g/mol. The number of aromatic nitrogens is 2. The summed E-state index contributed by atoms with van der Waals surface area (Å²) >= 11 is 0. The van der Waals surface area contributed by atoms with Crippen LogP contribution >= 0.6 is 0 Å². The van der Waals surface area contributed by atoms with Crippen molar-refractivity contribution >= 4 is 11.6 Å². The number of benzene rings is 1. The Balaban J connectivity index is 1.36. The van der Waals surface area contributed by atoms with E-state index in [2.05, 4.69) is 32.3 Å². The van der Waals surface area contributed by atoms with E-state index in [0.717, 1.165) is 49.3 Å². The maximum absolute atomic E-state index is 13.1. The van der Waals surface area contributed by atoms with E-state index in [1.54, 1.807) is 6.33 Å². The number of halogens is 1. The van der Waals surface area contributed by atoms with Gasteiger partial charge in [0.1, 0.15) is 23.8 Å².